The number of nitro groups is 1. The van der Waals surface area contributed by atoms with E-state index in [1.807, 2.05) is 36.4 Å². The van der Waals surface area contributed by atoms with Crippen LogP contribution in [0, 0.1) is 10.1 Å². The fraction of sp³-hybridized carbons (Fsp3) is 0.143. The highest BCUT2D eigenvalue weighted by atomic mass is 32.2. The van der Waals surface area contributed by atoms with E-state index in [1.54, 1.807) is 12.3 Å². The smallest absolute Gasteiger partial charge is 0.339 e. The first-order chi connectivity index (χ1) is 13.9. The number of nitro benzene ring substituents is 1. The SMILES string of the molecule is CSc1ccc(C(=O)O[C@@H](C)C(=O)Nc2ccc3ccccc3c2)cc1[N+](=O)[O-]. The Morgan fingerprint density at radius 2 is 1.79 bits per heavy atom. The van der Waals surface area contributed by atoms with Crippen LogP contribution in [-0.2, 0) is 9.53 Å². The Balaban J connectivity index is 1.69. The van der Waals surface area contributed by atoms with E-state index < -0.39 is 22.9 Å². The van der Waals surface area contributed by atoms with Gasteiger partial charge in [0.2, 0.25) is 0 Å². The normalized spacial score (nSPS) is 11.7. The molecule has 29 heavy (non-hydrogen) atoms. The Morgan fingerprint density at radius 1 is 1.07 bits per heavy atom. The number of amides is 1. The largest absolute Gasteiger partial charge is 0.449 e. The van der Waals surface area contributed by atoms with Gasteiger partial charge in [0.1, 0.15) is 0 Å². The molecule has 0 unspecified atom stereocenters. The van der Waals surface area contributed by atoms with Crippen LogP contribution in [0.2, 0.25) is 0 Å². The van der Waals surface area contributed by atoms with Gasteiger partial charge in [-0.05, 0) is 48.2 Å². The van der Waals surface area contributed by atoms with Crippen molar-refractivity contribution in [3.8, 4) is 0 Å². The number of anilines is 1. The lowest BCUT2D eigenvalue weighted by atomic mass is 10.1. The Kier molecular flexibility index (Phi) is 6.13. The van der Waals surface area contributed by atoms with Gasteiger partial charge in [0.15, 0.2) is 6.10 Å². The Morgan fingerprint density at radius 3 is 2.48 bits per heavy atom. The molecule has 1 amide bonds. The average molecular weight is 410 g/mol. The second-order valence-corrected chi connectivity index (χ2v) is 7.09. The van der Waals surface area contributed by atoms with Crippen molar-refractivity contribution in [2.24, 2.45) is 0 Å². The summed E-state index contributed by atoms with van der Waals surface area (Å²) in [6, 6.07) is 17.3. The third-order valence-electron chi connectivity index (χ3n) is 4.28. The average Bonchev–Trinajstić information content (AvgIpc) is 2.72. The fourth-order valence-corrected chi connectivity index (χ4v) is 3.30. The zero-order valence-electron chi connectivity index (χ0n) is 15.7. The highest BCUT2D eigenvalue weighted by molar-refractivity contribution is 7.98. The van der Waals surface area contributed by atoms with Crippen LogP contribution in [0.4, 0.5) is 11.4 Å². The number of rotatable bonds is 6. The quantitative estimate of drug-likeness (QED) is 0.275. The van der Waals surface area contributed by atoms with Crippen molar-refractivity contribution in [2.75, 3.05) is 11.6 Å². The molecular weight excluding hydrogens is 392 g/mol. The number of benzene rings is 3. The highest BCUT2D eigenvalue weighted by Crippen LogP contribution is 2.28. The Bertz CT molecular complexity index is 1100. The van der Waals surface area contributed by atoms with Gasteiger partial charge in [-0.25, -0.2) is 4.79 Å². The molecule has 3 rings (SSSR count). The van der Waals surface area contributed by atoms with Crippen LogP contribution in [-0.4, -0.2) is 29.2 Å². The minimum Gasteiger partial charge on any atom is -0.449 e. The van der Waals surface area contributed by atoms with Crippen molar-refractivity contribution in [3.05, 3.63) is 76.3 Å². The van der Waals surface area contributed by atoms with E-state index in [9.17, 15) is 19.7 Å². The van der Waals surface area contributed by atoms with Gasteiger partial charge in [0.05, 0.1) is 15.4 Å². The predicted molar refractivity (Wildman–Crippen MR) is 112 cm³/mol. The van der Waals surface area contributed by atoms with Gasteiger partial charge in [-0.2, -0.15) is 0 Å². The monoisotopic (exact) mass is 410 g/mol. The van der Waals surface area contributed by atoms with Gasteiger partial charge >= 0.3 is 5.97 Å². The van der Waals surface area contributed by atoms with Crippen LogP contribution in [0.5, 0.6) is 0 Å². The summed E-state index contributed by atoms with van der Waals surface area (Å²) in [5.41, 5.74) is 0.414. The maximum atomic E-state index is 12.4. The number of hydrogen-bond acceptors (Lipinski definition) is 6. The molecule has 0 aliphatic rings. The maximum Gasteiger partial charge on any atom is 0.339 e. The second kappa shape index (κ2) is 8.74. The van der Waals surface area contributed by atoms with E-state index in [-0.39, 0.29) is 11.3 Å². The molecule has 148 valence electrons. The molecule has 0 aliphatic carbocycles. The number of esters is 1. The summed E-state index contributed by atoms with van der Waals surface area (Å²) in [5, 5.41) is 15.9. The molecule has 0 heterocycles. The zero-order chi connectivity index (χ0) is 21.0. The second-order valence-electron chi connectivity index (χ2n) is 6.24. The molecule has 0 radical (unpaired) electrons. The molecular formula is C21H18N2O5S. The lowest BCUT2D eigenvalue weighted by Gasteiger charge is -2.14. The number of fused-ring (bicyclic) bond motifs is 1. The lowest BCUT2D eigenvalue weighted by molar-refractivity contribution is -0.387. The van der Waals surface area contributed by atoms with Crippen LogP contribution < -0.4 is 5.32 Å². The first-order valence-corrected chi connectivity index (χ1v) is 9.94. The fourth-order valence-electron chi connectivity index (χ4n) is 2.75. The van der Waals surface area contributed by atoms with Crippen molar-refractivity contribution in [2.45, 2.75) is 17.9 Å². The topological polar surface area (TPSA) is 98.5 Å². The van der Waals surface area contributed by atoms with Crippen LogP contribution in [0.25, 0.3) is 10.8 Å². The van der Waals surface area contributed by atoms with Crippen molar-refractivity contribution in [1.29, 1.82) is 0 Å². The highest BCUT2D eigenvalue weighted by Gasteiger charge is 2.22. The lowest BCUT2D eigenvalue weighted by Crippen LogP contribution is -2.30. The number of hydrogen-bond donors (Lipinski definition) is 1. The molecule has 0 spiro atoms. The maximum absolute atomic E-state index is 12.4. The minimum atomic E-state index is -1.08. The van der Waals surface area contributed by atoms with Crippen LogP contribution >= 0.6 is 11.8 Å². The van der Waals surface area contributed by atoms with E-state index in [0.29, 0.717) is 10.6 Å². The Labute approximate surface area is 171 Å². The summed E-state index contributed by atoms with van der Waals surface area (Å²) in [7, 11) is 0. The molecule has 3 aromatic carbocycles. The number of nitrogens with one attached hydrogen (secondary N) is 1. The van der Waals surface area contributed by atoms with Crippen molar-refractivity contribution < 1.29 is 19.2 Å². The van der Waals surface area contributed by atoms with Crippen LogP contribution in [0.15, 0.2) is 65.6 Å². The van der Waals surface area contributed by atoms with Gasteiger partial charge in [0, 0.05) is 11.8 Å². The third kappa shape index (κ3) is 4.72. The van der Waals surface area contributed by atoms with E-state index in [1.165, 1.54) is 30.8 Å². The third-order valence-corrected chi connectivity index (χ3v) is 5.07. The van der Waals surface area contributed by atoms with E-state index in [4.69, 9.17) is 4.74 Å². The van der Waals surface area contributed by atoms with E-state index in [2.05, 4.69) is 5.32 Å². The first kappa shape index (κ1) is 20.3. The van der Waals surface area contributed by atoms with Gasteiger partial charge in [-0.15, -0.1) is 11.8 Å². The first-order valence-electron chi connectivity index (χ1n) is 8.72. The van der Waals surface area contributed by atoms with Crippen molar-refractivity contribution in [3.63, 3.8) is 0 Å². The molecule has 0 fully saturated rings. The molecule has 1 atom stereocenters. The van der Waals surface area contributed by atoms with Crippen LogP contribution in [0.1, 0.15) is 17.3 Å². The predicted octanol–water partition coefficient (Wildman–Crippen LogP) is 4.65. The van der Waals surface area contributed by atoms with E-state index in [0.717, 1.165) is 16.8 Å². The zero-order valence-corrected chi connectivity index (χ0v) is 16.6. The molecule has 1 N–H and O–H groups in total. The van der Waals surface area contributed by atoms with Gasteiger partial charge in [-0.3, -0.25) is 14.9 Å². The summed E-state index contributed by atoms with van der Waals surface area (Å²) in [6.07, 6.45) is 0.632. The standard InChI is InChI=1S/C21H18N2O5S/c1-13(20(24)22-17-9-7-14-5-3-4-6-15(14)11-17)28-21(25)16-8-10-19(29-2)18(12-16)23(26)27/h3-13H,1-2H3,(H,22,24)/t13-/m0/s1. The molecule has 0 bridgehead atoms. The van der Waals surface area contributed by atoms with Gasteiger partial charge in [0.25, 0.3) is 11.6 Å². The molecule has 3 aromatic rings. The van der Waals surface area contributed by atoms with Gasteiger partial charge in [-0.1, -0.05) is 30.3 Å². The molecule has 0 saturated carbocycles. The van der Waals surface area contributed by atoms with Gasteiger partial charge < -0.3 is 10.1 Å². The number of carbonyl (C=O) groups is 2. The number of nitrogens with zero attached hydrogens (tertiary/aromatic N) is 1. The van der Waals surface area contributed by atoms with Crippen LogP contribution in [0.3, 0.4) is 0 Å². The number of ether oxygens (including phenoxy) is 1. The summed E-state index contributed by atoms with van der Waals surface area (Å²) >= 11 is 1.21. The molecule has 7 nitrogen and oxygen atoms in total. The molecule has 8 heteroatoms. The molecule has 0 aromatic heterocycles. The summed E-state index contributed by atoms with van der Waals surface area (Å²) in [4.78, 5) is 35.8. The molecule has 0 saturated heterocycles. The summed E-state index contributed by atoms with van der Waals surface area (Å²) in [5.74, 6) is -1.30. The van der Waals surface area contributed by atoms with Crippen molar-refractivity contribution >= 4 is 45.8 Å². The number of carbonyl (C=O) groups excluding carboxylic acids is 2. The summed E-state index contributed by atoms with van der Waals surface area (Å²) in [6.45, 7) is 1.44. The number of thioether (sulfide) groups is 1. The van der Waals surface area contributed by atoms with E-state index >= 15 is 0 Å². The summed E-state index contributed by atoms with van der Waals surface area (Å²) < 4.78 is 5.19. The molecule has 0 aliphatic heterocycles. The Hall–Kier alpha value is -3.39. The van der Waals surface area contributed by atoms with Crippen molar-refractivity contribution in [1.82, 2.24) is 0 Å². The minimum absolute atomic E-state index is 0.0138.